The van der Waals surface area contributed by atoms with Crippen molar-refractivity contribution in [2.75, 3.05) is 11.6 Å². The molecule has 2 aromatic rings. The zero-order chi connectivity index (χ0) is 15.4. The van der Waals surface area contributed by atoms with Gasteiger partial charge in [-0.1, -0.05) is 0 Å². The Hall–Kier alpha value is -1.86. The van der Waals surface area contributed by atoms with Gasteiger partial charge < -0.3 is 5.32 Å². The summed E-state index contributed by atoms with van der Waals surface area (Å²) < 4.78 is 0.506. The highest BCUT2D eigenvalue weighted by Gasteiger charge is 2.15. The van der Waals surface area contributed by atoms with Gasteiger partial charge in [0.25, 0.3) is 11.6 Å². The molecule has 0 atom stereocenters. The molecular weight excluding hydrogens is 356 g/mol. The number of nitrogens with one attached hydrogen (secondary N) is 1. The van der Waals surface area contributed by atoms with Crippen LogP contribution in [0.4, 0.5) is 11.4 Å². The number of rotatable bonds is 4. The third-order valence-electron chi connectivity index (χ3n) is 2.75. The van der Waals surface area contributed by atoms with Crippen LogP contribution in [-0.4, -0.2) is 17.1 Å². The lowest BCUT2D eigenvalue weighted by molar-refractivity contribution is -0.384. The molecular formula is C14H11BrN2O3S. The van der Waals surface area contributed by atoms with Crippen LogP contribution in [0.25, 0.3) is 0 Å². The van der Waals surface area contributed by atoms with E-state index in [0.29, 0.717) is 10.2 Å². The SMILES string of the molecule is CSc1ccc(NC(=O)c2cc([N+](=O)[O-])ccc2Br)cc1. The van der Waals surface area contributed by atoms with Crippen molar-refractivity contribution in [2.45, 2.75) is 4.90 Å². The summed E-state index contributed by atoms with van der Waals surface area (Å²) >= 11 is 4.83. The summed E-state index contributed by atoms with van der Waals surface area (Å²) in [7, 11) is 0. The first kappa shape index (κ1) is 15.5. The third kappa shape index (κ3) is 3.83. The number of halogens is 1. The third-order valence-corrected chi connectivity index (χ3v) is 4.19. The highest BCUT2D eigenvalue weighted by atomic mass is 79.9. The molecule has 0 aliphatic carbocycles. The Kier molecular flexibility index (Phi) is 4.98. The van der Waals surface area contributed by atoms with E-state index < -0.39 is 10.8 Å². The minimum absolute atomic E-state index is 0.124. The lowest BCUT2D eigenvalue weighted by Crippen LogP contribution is -2.12. The van der Waals surface area contributed by atoms with Crippen molar-refractivity contribution in [2.24, 2.45) is 0 Å². The van der Waals surface area contributed by atoms with Gasteiger partial charge in [0.15, 0.2) is 0 Å². The van der Waals surface area contributed by atoms with Crippen molar-refractivity contribution in [3.63, 3.8) is 0 Å². The summed E-state index contributed by atoms with van der Waals surface area (Å²) in [5, 5.41) is 13.5. The number of carbonyl (C=O) groups is 1. The largest absolute Gasteiger partial charge is 0.322 e. The first-order chi connectivity index (χ1) is 10.0. The number of thioether (sulfide) groups is 1. The number of anilines is 1. The number of hydrogen-bond acceptors (Lipinski definition) is 4. The zero-order valence-electron chi connectivity index (χ0n) is 11.0. The summed E-state index contributed by atoms with van der Waals surface area (Å²) in [6.45, 7) is 0. The smallest absolute Gasteiger partial charge is 0.270 e. The lowest BCUT2D eigenvalue weighted by atomic mass is 10.2. The summed E-state index contributed by atoms with van der Waals surface area (Å²) in [6.07, 6.45) is 1.97. The van der Waals surface area contributed by atoms with Crippen LogP contribution in [0, 0.1) is 10.1 Å². The second-order valence-electron chi connectivity index (χ2n) is 4.10. The number of hydrogen-bond donors (Lipinski definition) is 1. The molecule has 0 saturated heterocycles. The molecule has 0 aliphatic rings. The van der Waals surface area contributed by atoms with Crippen LogP contribution in [-0.2, 0) is 0 Å². The Balaban J connectivity index is 2.23. The van der Waals surface area contributed by atoms with Crippen molar-refractivity contribution in [3.05, 3.63) is 62.6 Å². The van der Waals surface area contributed by atoms with Crippen LogP contribution in [0.2, 0.25) is 0 Å². The van der Waals surface area contributed by atoms with E-state index in [0.717, 1.165) is 4.90 Å². The van der Waals surface area contributed by atoms with Gasteiger partial charge in [0.05, 0.1) is 10.5 Å². The lowest BCUT2D eigenvalue weighted by Gasteiger charge is -2.07. The Morgan fingerprint density at radius 1 is 1.24 bits per heavy atom. The summed E-state index contributed by atoms with van der Waals surface area (Å²) in [6, 6.07) is 11.4. The van der Waals surface area contributed by atoms with Crippen LogP contribution < -0.4 is 5.32 Å². The van der Waals surface area contributed by atoms with Crippen LogP contribution in [0.15, 0.2) is 51.8 Å². The van der Waals surface area contributed by atoms with Crippen molar-refractivity contribution >= 4 is 45.0 Å². The molecule has 21 heavy (non-hydrogen) atoms. The molecule has 5 nitrogen and oxygen atoms in total. The maximum absolute atomic E-state index is 12.2. The van der Waals surface area contributed by atoms with Gasteiger partial charge >= 0.3 is 0 Å². The van der Waals surface area contributed by atoms with Gasteiger partial charge in [-0.25, -0.2) is 0 Å². The Bertz CT molecular complexity index is 689. The number of nitro benzene ring substituents is 1. The predicted molar refractivity (Wildman–Crippen MR) is 87.0 cm³/mol. The molecule has 7 heteroatoms. The second kappa shape index (κ2) is 6.73. The molecule has 0 saturated carbocycles. The van der Waals surface area contributed by atoms with Gasteiger partial charge in [0.2, 0.25) is 0 Å². The van der Waals surface area contributed by atoms with Crippen LogP contribution in [0.1, 0.15) is 10.4 Å². The van der Waals surface area contributed by atoms with Crippen molar-refractivity contribution in [1.82, 2.24) is 0 Å². The van der Waals surface area contributed by atoms with Gasteiger partial charge in [0, 0.05) is 27.2 Å². The number of amides is 1. The zero-order valence-corrected chi connectivity index (χ0v) is 13.4. The average molecular weight is 367 g/mol. The second-order valence-corrected chi connectivity index (χ2v) is 5.84. The summed E-state index contributed by atoms with van der Waals surface area (Å²) in [5.74, 6) is -0.400. The first-order valence-electron chi connectivity index (χ1n) is 5.90. The number of nitrogens with zero attached hydrogens (tertiary/aromatic N) is 1. The standard InChI is InChI=1S/C14H11BrN2O3S/c1-21-11-5-2-9(3-6-11)16-14(18)12-8-10(17(19)20)4-7-13(12)15/h2-8H,1H3,(H,16,18). The Morgan fingerprint density at radius 3 is 2.48 bits per heavy atom. The minimum atomic E-state index is -0.531. The maximum atomic E-state index is 12.2. The van der Waals surface area contributed by atoms with E-state index in [1.54, 1.807) is 23.9 Å². The molecule has 0 aromatic heterocycles. The minimum Gasteiger partial charge on any atom is -0.322 e. The highest BCUT2D eigenvalue weighted by molar-refractivity contribution is 9.10. The number of nitro groups is 1. The van der Waals surface area contributed by atoms with Crippen molar-refractivity contribution < 1.29 is 9.72 Å². The summed E-state index contributed by atoms with van der Waals surface area (Å²) in [4.78, 5) is 23.5. The molecule has 108 valence electrons. The fraction of sp³-hybridized carbons (Fsp3) is 0.0714. The Labute approximate surface area is 134 Å². The molecule has 0 aliphatic heterocycles. The van der Waals surface area contributed by atoms with E-state index in [1.807, 2.05) is 18.4 Å². The number of benzene rings is 2. The molecule has 0 heterocycles. The van der Waals surface area contributed by atoms with Crippen LogP contribution in [0.3, 0.4) is 0 Å². The molecule has 0 fully saturated rings. The van der Waals surface area contributed by atoms with Crippen molar-refractivity contribution in [1.29, 1.82) is 0 Å². The van der Waals surface area contributed by atoms with E-state index in [-0.39, 0.29) is 11.3 Å². The molecule has 1 amide bonds. The maximum Gasteiger partial charge on any atom is 0.270 e. The quantitative estimate of drug-likeness (QED) is 0.496. The van der Waals surface area contributed by atoms with Crippen LogP contribution >= 0.6 is 27.7 Å². The Morgan fingerprint density at radius 2 is 1.90 bits per heavy atom. The van der Waals surface area contributed by atoms with Gasteiger partial charge in [0.1, 0.15) is 0 Å². The molecule has 2 aromatic carbocycles. The highest BCUT2D eigenvalue weighted by Crippen LogP contribution is 2.24. The fourth-order valence-corrected chi connectivity index (χ4v) is 2.51. The van der Waals surface area contributed by atoms with E-state index in [9.17, 15) is 14.9 Å². The van der Waals surface area contributed by atoms with Crippen LogP contribution in [0.5, 0.6) is 0 Å². The van der Waals surface area contributed by atoms with Crippen molar-refractivity contribution in [3.8, 4) is 0 Å². The molecule has 0 spiro atoms. The summed E-state index contributed by atoms with van der Waals surface area (Å²) in [5.41, 5.74) is 0.732. The van der Waals surface area contributed by atoms with Gasteiger partial charge in [-0.2, -0.15) is 0 Å². The van der Waals surface area contributed by atoms with Gasteiger partial charge in [-0.15, -0.1) is 11.8 Å². The van der Waals surface area contributed by atoms with E-state index >= 15 is 0 Å². The monoisotopic (exact) mass is 366 g/mol. The number of non-ortho nitro benzene ring substituents is 1. The number of carbonyl (C=O) groups excluding carboxylic acids is 1. The van der Waals surface area contributed by atoms with E-state index in [4.69, 9.17) is 0 Å². The predicted octanol–water partition coefficient (Wildman–Crippen LogP) is 4.33. The normalized spacial score (nSPS) is 10.2. The van der Waals surface area contributed by atoms with E-state index in [2.05, 4.69) is 21.2 Å². The molecule has 1 N–H and O–H groups in total. The molecule has 0 radical (unpaired) electrons. The topological polar surface area (TPSA) is 72.2 Å². The van der Waals surface area contributed by atoms with Gasteiger partial charge in [-0.3, -0.25) is 14.9 Å². The molecule has 0 unspecified atom stereocenters. The van der Waals surface area contributed by atoms with Gasteiger partial charge in [-0.05, 0) is 52.5 Å². The first-order valence-corrected chi connectivity index (χ1v) is 7.92. The van der Waals surface area contributed by atoms with E-state index in [1.165, 1.54) is 18.2 Å². The molecule has 2 rings (SSSR count). The molecule has 0 bridgehead atoms. The fourth-order valence-electron chi connectivity index (χ4n) is 1.67. The average Bonchev–Trinajstić information content (AvgIpc) is 2.48.